The molecule has 0 N–H and O–H groups in total. The van der Waals surface area contributed by atoms with Crippen molar-refractivity contribution < 1.29 is 9.53 Å². The number of amides is 1. The lowest BCUT2D eigenvalue weighted by atomic mass is 10.2. The number of fused-ring (bicyclic) bond motifs is 1. The summed E-state index contributed by atoms with van der Waals surface area (Å²) in [5.41, 5.74) is 1.46. The number of hydrogen-bond donors (Lipinski definition) is 0. The Balaban J connectivity index is 1.52. The number of carbonyl (C=O) groups is 1. The average molecular weight is 379 g/mol. The van der Waals surface area contributed by atoms with Gasteiger partial charge in [-0.05, 0) is 23.6 Å². The van der Waals surface area contributed by atoms with E-state index in [1.54, 1.807) is 29.7 Å². The first-order valence-corrected chi connectivity index (χ1v) is 9.43. The lowest BCUT2D eigenvalue weighted by Gasteiger charge is -2.24. The molecule has 0 saturated heterocycles. The molecule has 1 aliphatic rings. The monoisotopic (exact) mass is 379 g/mol. The summed E-state index contributed by atoms with van der Waals surface area (Å²) in [6.07, 6.45) is 3.32. The van der Waals surface area contributed by atoms with E-state index in [0.717, 1.165) is 10.6 Å². The van der Waals surface area contributed by atoms with E-state index in [-0.39, 0.29) is 12.0 Å². The summed E-state index contributed by atoms with van der Waals surface area (Å²) in [4.78, 5) is 19.9. The van der Waals surface area contributed by atoms with Crippen LogP contribution in [0.1, 0.15) is 16.1 Å². The highest BCUT2D eigenvalue weighted by Gasteiger charge is 2.27. The number of hydrogen-bond acceptors (Lipinski definition) is 6. The maximum absolute atomic E-state index is 12.8. The van der Waals surface area contributed by atoms with Crippen LogP contribution in [-0.2, 0) is 24.3 Å². The van der Waals surface area contributed by atoms with Gasteiger partial charge in [0.05, 0.1) is 37.3 Å². The number of rotatable bonds is 4. The Labute approximate surface area is 160 Å². The second-order valence-corrected chi connectivity index (χ2v) is 7.30. The third kappa shape index (κ3) is 3.99. The van der Waals surface area contributed by atoms with Crippen LogP contribution in [0.25, 0.3) is 0 Å². The number of pyridine rings is 1. The standard InChI is InChI=1S/C19H17N5O2S/c20-9-14-3-4-18(21-10-14)26-16-12-23(11-15-5-6-22-24(15)13-16)19(25)8-17-2-1-7-27-17/h1-7,10,16H,8,11-13H2/t16-/m1/s1. The largest absolute Gasteiger partial charge is 0.470 e. The molecule has 1 aliphatic heterocycles. The molecule has 1 amide bonds. The third-order valence-electron chi connectivity index (χ3n) is 4.37. The molecule has 8 heteroatoms. The topological polar surface area (TPSA) is 84.0 Å². The Morgan fingerprint density at radius 2 is 2.26 bits per heavy atom. The van der Waals surface area contributed by atoms with Gasteiger partial charge in [0.25, 0.3) is 0 Å². The molecule has 3 aromatic rings. The molecule has 0 fully saturated rings. The number of aromatic nitrogens is 3. The molecule has 0 bridgehead atoms. The van der Waals surface area contributed by atoms with Crippen LogP contribution in [0.4, 0.5) is 0 Å². The highest BCUT2D eigenvalue weighted by atomic mass is 32.1. The van der Waals surface area contributed by atoms with Crippen LogP contribution in [0.2, 0.25) is 0 Å². The molecule has 4 heterocycles. The molecule has 1 atom stereocenters. The highest BCUT2D eigenvalue weighted by Crippen LogP contribution is 2.18. The lowest BCUT2D eigenvalue weighted by molar-refractivity contribution is -0.132. The van der Waals surface area contributed by atoms with Gasteiger partial charge in [-0.25, -0.2) is 4.98 Å². The van der Waals surface area contributed by atoms with Crippen LogP contribution >= 0.6 is 11.3 Å². The van der Waals surface area contributed by atoms with Gasteiger partial charge in [0.15, 0.2) is 0 Å². The Bertz CT molecular complexity index is 959. The van der Waals surface area contributed by atoms with Gasteiger partial charge in [0.1, 0.15) is 12.2 Å². The number of nitriles is 1. The van der Waals surface area contributed by atoms with Gasteiger partial charge in [0.2, 0.25) is 11.8 Å². The van der Waals surface area contributed by atoms with Crippen LogP contribution in [0.3, 0.4) is 0 Å². The minimum Gasteiger partial charge on any atom is -0.470 e. The molecule has 27 heavy (non-hydrogen) atoms. The van der Waals surface area contributed by atoms with E-state index in [2.05, 4.69) is 10.1 Å². The van der Waals surface area contributed by atoms with Crippen LogP contribution in [0.15, 0.2) is 48.1 Å². The first-order valence-electron chi connectivity index (χ1n) is 8.55. The van der Waals surface area contributed by atoms with Gasteiger partial charge in [-0.2, -0.15) is 10.4 Å². The van der Waals surface area contributed by atoms with Crippen LogP contribution in [0.5, 0.6) is 5.88 Å². The summed E-state index contributed by atoms with van der Waals surface area (Å²) >= 11 is 1.58. The quantitative estimate of drug-likeness (QED) is 0.694. The van der Waals surface area contributed by atoms with Gasteiger partial charge < -0.3 is 9.64 Å². The fourth-order valence-corrected chi connectivity index (χ4v) is 3.74. The number of nitrogens with zero attached hydrogens (tertiary/aromatic N) is 5. The Morgan fingerprint density at radius 1 is 1.33 bits per heavy atom. The number of thiophene rings is 1. The molecule has 0 aromatic carbocycles. The van der Waals surface area contributed by atoms with E-state index in [0.29, 0.717) is 37.5 Å². The Morgan fingerprint density at radius 3 is 3.00 bits per heavy atom. The summed E-state index contributed by atoms with van der Waals surface area (Å²) in [7, 11) is 0. The molecule has 136 valence electrons. The van der Waals surface area contributed by atoms with Crippen molar-refractivity contribution in [3.63, 3.8) is 0 Å². The van der Waals surface area contributed by atoms with Crippen molar-refractivity contribution in [1.29, 1.82) is 5.26 Å². The minimum atomic E-state index is -0.279. The molecule has 0 saturated carbocycles. The highest BCUT2D eigenvalue weighted by molar-refractivity contribution is 7.10. The summed E-state index contributed by atoms with van der Waals surface area (Å²) in [6, 6.07) is 11.2. The van der Waals surface area contributed by atoms with Crippen LogP contribution in [0, 0.1) is 11.3 Å². The zero-order valence-corrected chi connectivity index (χ0v) is 15.3. The first-order chi connectivity index (χ1) is 13.2. The van der Waals surface area contributed by atoms with Gasteiger partial charge in [-0.3, -0.25) is 9.48 Å². The zero-order chi connectivity index (χ0) is 18.6. The van der Waals surface area contributed by atoms with Gasteiger partial charge in [-0.1, -0.05) is 6.07 Å². The Hall–Kier alpha value is -3.18. The number of ether oxygens (including phenoxy) is 1. The maximum Gasteiger partial charge on any atom is 0.228 e. The molecule has 0 unspecified atom stereocenters. The summed E-state index contributed by atoms with van der Waals surface area (Å²) in [5, 5.41) is 15.2. The SMILES string of the molecule is N#Cc1ccc(O[C@@H]2CN(C(=O)Cc3cccs3)Cc3ccnn3C2)nc1. The predicted molar refractivity (Wildman–Crippen MR) is 99.0 cm³/mol. The molecule has 0 radical (unpaired) electrons. The van der Waals surface area contributed by atoms with Crippen molar-refractivity contribution in [2.75, 3.05) is 6.54 Å². The second-order valence-electron chi connectivity index (χ2n) is 6.27. The normalized spacial score (nSPS) is 16.3. The summed E-state index contributed by atoms with van der Waals surface area (Å²) in [6.45, 7) is 1.49. The van der Waals surface area contributed by atoms with E-state index in [9.17, 15) is 4.79 Å². The van der Waals surface area contributed by atoms with Crippen molar-refractivity contribution in [3.8, 4) is 11.9 Å². The van der Waals surface area contributed by atoms with E-state index >= 15 is 0 Å². The lowest BCUT2D eigenvalue weighted by Crippen LogP contribution is -2.39. The second kappa shape index (κ2) is 7.60. The van der Waals surface area contributed by atoms with E-state index in [4.69, 9.17) is 10.00 Å². The first kappa shape index (κ1) is 17.2. The van der Waals surface area contributed by atoms with Crippen molar-refractivity contribution in [2.45, 2.75) is 25.6 Å². The predicted octanol–water partition coefficient (Wildman–Crippen LogP) is 2.24. The molecule has 0 aliphatic carbocycles. The molecule has 3 aromatic heterocycles. The van der Waals surface area contributed by atoms with Crippen LogP contribution < -0.4 is 4.74 Å². The minimum absolute atomic E-state index is 0.0634. The average Bonchev–Trinajstić information content (AvgIpc) is 3.31. The van der Waals surface area contributed by atoms with Crippen molar-refractivity contribution >= 4 is 17.2 Å². The van der Waals surface area contributed by atoms with E-state index in [1.807, 2.05) is 39.2 Å². The number of carbonyl (C=O) groups excluding carboxylic acids is 1. The molecule has 4 rings (SSSR count). The summed E-state index contributed by atoms with van der Waals surface area (Å²) < 4.78 is 7.87. The maximum atomic E-state index is 12.8. The van der Waals surface area contributed by atoms with E-state index < -0.39 is 0 Å². The van der Waals surface area contributed by atoms with Crippen LogP contribution in [-0.4, -0.2) is 38.2 Å². The molecular formula is C19H17N5O2S. The molecular weight excluding hydrogens is 362 g/mol. The van der Waals surface area contributed by atoms with Gasteiger partial charge in [0, 0.05) is 23.3 Å². The van der Waals surface area contributed by atoms with Crippen molar-refractivity contribution in [1.82, 2.24) is 19.7 Å². The Kier molecular flexibility index (Phi) is 4.85. The van der Waals surface area contributed by atoms with Crippen molar-refractivity contribution in [3.05, 3.63) is 64.2 Å². The smallest absolute Gasteiger partial charge is 0.228 e. The fraction of sp³-hybridized carbons (Fsp3) is 0.263. The molecule has 7 nitrogen and oxygen atoms in total. The zero-order valence-electron chi connectivity index (χ0n) is 14.5. The summed E-state index contributed by atoms with van der Waals surface area (Å²) in [5.74, 6) is 0.494. The molecule has 0 spiro atoms. The van der Waals surface area contributed by atoms with Crippen molar-refractivity contribution in [2.24, 2.45) is 0 Å². The third-order valence-corrected chi connectivity index (χ3v) is 5.25. The van der Waals surface area contributed by atoms with Gasteiger partial charge >= 0.3 is 0 Å². The fourth-order valence-electron chi connectivity index (χ4n) is 3.04. The van der Waals surface area contributed by atoms with Gasteiger partial charge in [-0.15, -0.1) is 11.3 Å². The van der Waals surface area contributed by atoms with E-state index in [1.165, 1.54) is 6.20 Å².